The molecule has 0 bridgehead atoms. The summed E-state index contributed by atoms with van der Waals surface area (Å²) in [4.78, 5) is 19.3. The number of carbonyl (C=O) groups is 1. The summed E-state index contributed by atoms with van der Waals surface area (Å²) in [5.41, 5.74) is 3.97. The Bertz CT molecular complexity index is 1030. The van der Waals surface area contributed by atoms with Crippen molar-refractivity contribution in [2.75, 3.05) is 13.1 Å². The van der Waals surface area contributed by atoms with Crippen LogP contribution in [0.3, 0.4) is 0 Å². The first kappa shape index (κ1) is 20.4. The lowest BCUT2D eigenvalue weighted by Gasteiger charge is -2.20. The van der Waals surface area contributed by atoms with E-state index < -0.39 is 0 Å². The van der Waals surface area contributed by atoms with Gasteiger partial charge < -0.3 is 14.2 Å². The average Bonchev–Trinajstić information content (AvgIpc) is 3.06. The van der Waals surface area contributed by atoms with E-state index in [9.17, 15) is 4.79 Å². The maximum atomic E-state index is 12.9. The summed E-state index contributed by atoms with van der Waals surface area (Å²) in [5.74, 6) is 1.54. The molecule has 5 nitrogen and oxygen atoms in total. The number of fused-ring (bicyclic) bond motifs is 1. The highest BCUT2D eigenvalue weighted by molar-refractivity contribution is 5.81. The van der Waals surface area contributed by atoms with Crippen LogP contribution >= 0.6 is 0 Å². The molecule has 3 aromatic rings. The third-order valence-corrected chi connectivity index (χ3v) is 4.78. The van der Waals surface area contributed by atoms with Gasteiger partial charge >= 0.3 is 0 Å². The van der Waals surface area contributed by atoms with Crippen molar-refractivity contribution in [2.24, 2.45) is 0 Å². The number of aryl methyl sites for hydroxylation is 2. The molecule has 0 aliphatic rings. The molecule has 1 amide bonds. The molecule has 0 saturated heterocycles. The minimum atomic E-state index is -0.0130. The molecule has 29 heavy (non-hydrogen) atoms. The zero-order chi connectivity index (χ0) is 20.8. The monoisotopic (exact) mass is 389 g/mol. The molecule has 5 heteroatoms. The van der Waals surface area contributed by atoms with Crippen LogP contribution in [-0.2, 0) is 17.9 Å². The highest BCUT2D eigenvalue weighted by Gasteiger charge is 2.17. The van der Waals surface area contributed by atoms with Crippen molar-refractivity contribution in [1.29, 1.82) is 0 Å². The molecule has 150 valence electrons. The molecule has 0 atom stereocenters. The molecule has 0 radical (unpaired) electrons. The Kier molecular flexibility index (Phi) is 6.50. The van der Waals surface area contributed by atoms with E-state index in [1.165, 1.54) is 0 Å². The number of para-hydroxylation sites is 2. The minimum Gasteiger partial charge on any atom is -0.485 e. The highest BCUT2D eigenvalue weighted by atomic mass is 16.5. The van der Waals surface area contributed by atoms with Crippen molar-refractivity contribution in [1.82, 2.24) is 14.5 Å². The first-order valence-electron chi connectivity index (χ1n) is 9.67. The Hall–Kier alpha value is -3.34. The van der Waals surface area contributed by atoms with Crippen LogP contribution in [0.1, 0.15) is 17.0 Å². The number of ether oxygens (including phenoxy) is 1. The van der Waals surface area contributed by atoms with Crippen LogP contribution in [-0.4, -0.2) is 33.4 Å². The molecular weight excluding hydrogens is 362 g/mol. The number of carbonyl (C=O) groups excluding carboxylic acids is 1. The predicted octanol–water partition coefficient (Wildman–Crippen LogP) is 4.43. The standard InChI is InChI=1S/C24H27N3O2/c1-5-13-26(14-6-2)24(28)16-27-21-10-8-7-9-20(21)25-23(27)17-29-22-15-18(3)11-12-19(22)4/h5-12,15H,1-2,13-14,16-17H2,3-4H3. The van der Waals surface area contributed by atoms with Gasteiger partial charge in [0.1, 0.15) is 24.7 Å². The summed E-state index contributed by atoms with van der Waals surface area (Å²) in [6.45, 7) is 13.0. The van der Waals surface area contributed by atoms with Crippen LogP contribution < -0.4 is 4.74 Å². The molecule has 0 spiro atoms. The predicted molar refractivity (Wildman–Crippen MR) is 117 cm³/mol. The minimum absolute atomic E-state index is 0.0130. The van der Waals surface area contributed by atoms with Gasteiger partial charge in [-0.15, -0.1) is 13.2 Å². The number of amides is 1. The second-order valence-corrected chi connectivity index (χ2v) is 7.04. The first-order valence-corrected chi connectivity index (χ1v) is 9.67. The third-order valence-electron chi connectivity index (χ3n) is 4.78. The number of nitrogens with zero attached hydrogens (tertiary/aromatic N) is 3. The zero-order valence-corrected chi connectivity index (χ0v) is 17.1. The molecule has 0 unspecified atom stereocenters. The highest BCUT2D eigenvalue weighted by Crippen LogP contribution is 2.22. The third kappa shape index (κ3) is 4.74. The summed E-state index contributed by atoms with van der Waals surface area (Å²) in [5, 5.41) is 0. The molecule has 1 heterocycles. The zero-order valence-electron chi connectivity index (χ0n) is 17.1. The van der Waals surface area contributed by atoms with Gasteiger partial charge in [0.05, 0.1) is 11.0 Å². The van der Waals surface area contributed by atoms with Gasteiger partial charge in [0, 0.05) is 13.1 Å². The van der Waals surface area contributed by atoms with Gasteiger partial charge in [-0.2, -0.15) is 0 Å². The molecule has 0 aliphatic heterocycles. The van der Waals surface area contributed by atoms with Crippen LogP contribution in [0.5, 0.6) is 5.75 Å². The first-order chi connectivity index (χ1) is 14.0. The van der Waals surface area contributed by atoms with Crippen molar-refractivity contribution >= 4 is 16.9 Å². The number of imidazole rings is 1. The second kappa shape index (κ2) is 9.24. The van der Waals surface area contributed by atoms with Crippen LogP contribution in [0.2, 0.25) is 0 Å². The number of benzene rings is 2. The number of aromatic nitrogens is 2. The summed E-state index contributed by atoms with van der Waals surface area (Å²) in [6.07, 6.45) is 3.44. The van der Waals surface area contributed by atoms with Crippen LogP contribution in [0, 0.1) is 13.8 Å². The van der Waals surface area contributed by atoms with Gasteiger partial charge in [-0.1, -0.05) is 36.4 Å². The molecule has 0 N–H and O–H groups in total. The molecular formula is C24H27N3O2. The van der Waals surface area contributed by atoms with E-state index in [-0.39, 0.29) is 19.1 Å². The van der Waals surface area contributed by atoms with Crippen molar-refractivity contribution in [3.05, 3.63) is 84.7 Å². The van der Waals surface area contributed by atoms with E-state index >= 15 is 0 Å². The lowest BCUT2D eigenvalue weighted by molar-refractivity contribution is -0.130. The Morgan fingerprint density at radius 1 is 1.14 bits per heavy atom. The van der Waals surface area contributed by atoms with Gasteiger partial charge in [0.15, 0.2) is 0 Å². The summed E-state index contributed by atoms with van der Waals surface area (Å²) >= 11 is 0. The molecule has 3 rings (SSSR count). The Labute approximate surface area is 171 Å². The maximum Gasteiger partial charge on any atom is 0.243 e. The average molecular weight is 389 g/mol. The quantitative estimate of drug-likeness (QED) is 0.509. The summed E-state index contributed by atoms with van der Waals surface area (Å²) in [6, 6.07) is 13.9. The smallest absolute Gasteiger partial charge is 0.243 e. The number of hydrogen-bond donors (Lipinski definition) is 0. The Balaban J connectivity index is 1.89. The Morgan fingerprint density at radius 2 is 1.86 bits per heavy atom. The van der Waals surface area contributed by atoms with Crippen LogP contribution in [0.25, 0.3) is 11.0 Å². The van der Waals surface area contributed by atoms with E-state index in [0.717, 1.165) is 33.7 Å². The molecule has 2 aromatic carbocycles. The van der Waals surface area contributed by atoms with Crippen molar-refractivity contribution in [2.45, 2.75) is 27.0 Å². The fourth-order valence-corrected chi connectivity index (χ4v) is 3.24. The van der Waals surface area contributed by atoms with Crippen molar-refractivity contribution in [3.63, 3.8) is 0 Å². The number of hydrogen-bond acceptors (Lipinski definition) is 3. The van der Waals surface area contributed by atoms with E-state index in [2.05, 4.69) is 19.2 Å². The lowest BCUT2D eigenvalue weighted by atomic mass is 10.1. The van der Waals surface area contributed by atoms with Gasteiger partial charge in [-0.05, 0) is 43.2 Å². The molecule has 0 aliphatic carbocycles. The van der Waals surface area contributed by atoms with Gasteiger partial charge in [0.25, 0.3) is 0 Å². The maximum absolute atomic E-state index is 12.9. The topological polar surface area (TPSA) is 47.4 Å². The number of rotatable bonds is 9. The SMILES string of the molecule is C=CCN(CC=C)C(=O)Cn1c(COc2cc(C)ccc2C)nc2ccccc21. The van der Waals surface area contributed by atoms with Crippen LogP contribution in [0.4, 0.5) is 0 Å². The lowest BCUT2D eigenvalue weighted by Crippen LogP contribution is -2.34. The van der Waals surface area contributed by atoms with Gasteiger partial charge in [0.2, 0.25) is 5.91 Å². The molecule has 0 fully saturated rings. The largest absolute Gasteiger partial charge is 0.485 e. The van der Waals surface area contributed by atoms with Crippen molar-refractivity contribution in [3.8, 4) is 5.75 Å². The van der Waals surface area contributed by atoms with E-state index in [1.807, 2.05) is 54.8 Å². The van der Waals surface area contributed by atoms with E-state index in [1.54, 1.807) is 17.1 Å². The van der Waals surface area contributed by atoms with Crippen molar-refractivity contribution < 1.29 is 9.53 Å². The molecule has 0 saturated carbocycles. The van der Waals surface area contributed by atoms with E-state index in [0.29, 0.717) is 13.1 Å². The fraction of sp³-hybridized carbons (Fsp3) is 0.250. The fourth-order valence-electron chi connectivity index (χ4n) is 3.24. The molecule has 1 aromatic heterocycles. The van der Waals surface area contributed by atoms with Crippen LogP contribution in [0.15, 0.2) is 67.8 Å². The summed E-state index contributed by atoms with van der Waals surface area (Å²) < 4.78 is 8.00. The summed E-state index contributed by atoms with van der Waals surface area (Å²) in [7, 11) is 0. The van der Waals surface area contributed by atoms with E-state index in [4.69, 9.17) is 9.72 Å². The van der Waals surface area contributed by atoms with Gasteiger partial charge in [-0.3, -0.25) is 4.79 Å². The normalized spacial score (nSPS) is 10.7. The Morgan fingerprint density at radius 3 is 2.59 bits per heavy atom. The van der Waals surface area contributed by atoms with Gasteiger partial charge in [-0.25, -0.2) is 4.98 Å². The second-order valence-electron chi connectivity index (χ2n) is 7.04.